The summed E-state index contributed by atoms with van der Waals surface area (Å²) in [4.78, 5) is 12.3. The van der Waals surface area contributed by atoms with Gasteiger partial charge in [-0.3, -0.25) is 10.1 Å². The molecule has 1 aromatic heterocycles. The summed E-state index contributed by atoms with van der Waals surface area (Å²) >= 11 is 1.34. The van der Waals surface area contributed by atoms with E-state index in [1.165, 1.54) is 11.3 Å². The smallest absolute Gasteiger partial charge is 0.257 e. The van der Waals surface area contributed by atoms with Crippen molar-refractivity contribution >= 4 is 22.4 Å². The molecule has 1 N–H and O–H groups in total. The summed E-state index contributed by atoms with van der Waals surface area (Å²) in [6.07, 6.45) is 0.0995. The molecule has 0 aliphatic carbocycles. The molecular formula is C18H17N3O2S. The molecular weight excluding hydrogens is 322 g/mol. The number of carbonyl (C=O) groups excluding carboxylic acids is 1. The number of anilines is 1. The molecule has 1 amide bonds. The molecule has 5 nitrogen and oxygen atoms in total. The number of carbonyl (C=O) groups is 1. The fourth-order valence-corrected chi connectivity index (χ4v) is 2.84. The highest BCUT2D eigenvalue weighted by atomic mass is 32.1. The average Bonchev–Trinajstić information content (AvgIpc) is 3.04. The van der Waals surface area contributed by atoms with Crippen LogP contribution in [0.2, 0.25) is 0 Å². The fourth-order valence-electron chi connectivity index (χ4n) is 2.10. The lowest BCUT2D eigenvalue weighted by Crippen LogP contribution is -2.12. The van der Waals surface area contributed by atoms with Gasteiger partial charge in [0.15, 0.2) is 0 Å². The summed E-state index contributed by atoms with van der Waals surface area (Å²) in [5.41, 5.74) is 1.52. The summed E-state index contributed by atoms with van der Waals surface area (Å²) < 4.78 is 5.57. The molecule has 2 aromatic carbocycles. The van der Waals surface area contributed by atoms with E-state index in [9.17, 15) is 4.79 Å². The first kappa shape index (κ1) is 16.1. The van der Waals surface area contributed by atoms with Crippen molar-refractivity contribution in [1.29, 1.82) is 0 Å². The maximum Gasteiger partial charge on any atom is 0.257 e. The van der Waals surface area contributed by atoms with Crippen molar-refractivity contribution in [2.75, 3.05) is 5.32 Å². The van der Waals surface area contributed by atoms with Crippen LogP contribution in [0.3, 0.4) is 0 Å². The van der Waals surface area contributed by atoms with Crippen LogP contribution in [0.4, 0.5) is 5.13 Å². The van der Waals surface area contributed by atoms with Crippen LogP contribution in [0, 0.1) is 0 Å². The summed E-state index contributed by atoms with van der Waals surface area (Å²) in [5, 5.41) is 12.2. The lowest BCUT2D eigenvalue weighted by molar-refractivity contribution is 0.102. The van der Waals surface area contributed by atoms with Crippen LogP contribution in [-0.2, 0) is 0 Å². The van der Waals surface area contributed by atoms with Crippen molar-refractivity contribution < 1.29 is 9.53 Å². The number of ether oxygens (including phenoxy) is 1. The number of nitrogens with one attached hydrogen (secondary N) is 1. The van der Waals surface area contributed by atoms with Gasteiger partial charge in [-0.05, 0) is 38.1 Å². The van der Waals surface area contributed by atoms with Crippen LogP contribution in [-0.4, -0.2) is 22.2 Å². The molecule has 0 atom stereocenters. The van der Waals surface area contributed by atoms with Gasteiger partial charge in [-0.15, -0.1) is 10.2 Å². The minimum absolute atomic E-state index is 0.0995. The second kappa shape index (κ2) is 7.23. The van der Waals surface area contributed by atoms with Crippen LogP contribution in [0.5, 0.6) is 5.75 Å². The molecule has 0 radical (unpaired) electrons. The molecule has 3 aromatic rings. The molecule has 0 aliphatic rings. The maximum absolute atomic E-state index is 12.3. The highest BCUT2D eigenvalue weighted by molar-refractivity contribution is 7.18. The summed E-state index contributed by atoms with van der Waals surface area (Å²) in [5.74, 6) is 0.519. The SMILES string of the molecule is CC(C)Oc1ccc(C(=O)Nc2nnc(-c3ccccc3)s2)cc1. The summed E-state index contributed by atoms with van der Waals surface area (Å²) in [6.45, 7) is 3.92. The third-order valence-corrected chi connectivity index (χ3v) is 4.04. The van der Waals surface area contributed by atoms with E-state index in [-0.39, 0.29) is 12.0 Å². The standard InChI is InChI=1S/C18H17N3O2S/c1-12(2)23-15-10-8-13(9-11-15)16(22)19-18-21-20-17(24-18)14-6-4-3-5-7-14/h3-12H,1-2H3,(H,19,21,22). The van der Waals surface area contributed by atoms with Gasteiger partial charge >= 0.3 is 0 Å². The Labute approximate surface area is 144 Å². The molecule has 0 unspecified atom stereocenters. The second-order valence-corrected chi connectivity index (χ2v) is 6.40. The number of aromatic nitrogens is 2. The molecule has 122 valence electrons. The van der Waals surface area contributed by atoms with Crippen molar-refractivity contribution in [2.24, 2.45) is 0 Å². The van der Waals surface area contributed by atoms with Gasteiger partial charge in [0, 0.05) is 11.1 Å². The van der Waals surface area contributed by atoms with Crippen LogP contribution in [0.25, 0.3) is 10.6 Å². The zero-order valence-electron chi connectivity index (χ0n) is 13.4. The Kier molecular flexibility index (Phi) is 4.86. The monoisotopic (exact) mass is 339 g/mol. The molecule has 0 fully saturated rings. The molecule has 3 rings (SSSR count). The molecule has 6 heteroatoms. The van der Waals surface area contributed by atoms with E-state index >= 15 is 0 Å². The molecule has 0 saturated carbocycles. The zero-order valence-corrected chi connectivity index (χ0v) is 14.2. The summed E-state index contributed by atoms with van der Waals surface area (Å²) in [6, 6.07) is 16.8. The zero-order chi connectivity index (χ0) is 16.9. The van der Waals surface area contributed by atoms with Crippen LogP contribution in [0.15, 0.2) is 54.6 Å². The van der Waals surface area contributed by atoms with E-state index in [0.717, 1.165) is 16.3 Å². The van der Waals surface area contributed by atoms with Crippen LogP contribution < -0.4 is 10.1 Å². The number of nitrogens with zero attached hydrogens (tertiary/aromatic N) is 2. The average molecular weight is 339 g/mol. The Hall–Kier alpha value is -2.73. The van der Waals surface area contributed by atoms with Gasteiger partial charge in [-0.25, -0.2) is 0 Å². The van der Waals surface area contributed by atoms with Gasteiger partial charge < -0.3 is 4.74 Å². The first-order valence-corrected chi connectivity index (χ1v) is 8.40. The van der Waals surface area contributed by atoms with Gasteiger partial charge in [0.2, 0.25) is 5.13 Å². The van der Waals surface area contributed by atoms with Crippen molar-refractivity contribution in [3.8, 4) is 16.3 Å². The van der Waals surface area contributed by atoms with Crippen LogP contribution in [0.1, 0.15) is 24.2 Å². The highest BCUT2D eigenvalue weighted by Gasteiger charge is 2.11. The van der Waals surface area contributed by atoms with E-state index in [1.807, 2.05) is 44.2 Å². The number of hydrogen-bond donors (Lipinski definition) is 1. The highest BCUT2D eigenvalue weighted by Crippen LogP contribution is 2.26. The Bertz CT molecular complexity index is 814. The van der Waals surface area contributed by atoms with Gasteiger partial charge in [0.1, 0.15) is 10.8 Å². The van der Waals surface area contributed by atoms with Gasteiger partial charge in [-0.2, -0.15) is 0 Å². The topological polar surface area (TPSA) is 64.1 Å². The minimum atomic E-state index is -0.221. The Morgan fingerprint density at radius 3 is 2.42 bits per heavy atom. The van der Waals surface area contributed by atoms with Gasteiger partial charge in [0.05, 0.1) is 6.10 Å². The minimum Gasteiger partial charge on any atom is -0.491 e. The third kappa shape index (κ3) is 3.97. The van der Waals surface area contributed by atoms with E-state index in [1.54, 1.807) is 24.3 Å². The van der Waals surface area contributed by atoms with Crippen molar-refractivity contribution in [3.05, 3.63) is 60.2 Å². The molecule has 24 heavy (non-hydrogen) atoms. The normalized spacial score (nSPS) is 10.6. The summed E-state index contributed by atoms with van der Waals surface area (Å²) in [7, 11) is 0. The number of benzene rings is 2. The van der Waals surface area contributed by atoms with Crippen molar-refractivity contribution in [3.63, 3.8) is 0 Å². The van der Waals surface area contributed by atoms with E-state index in [0.29, 0.717) is 10.7 Å². The largest absolute Gasteiger partial charge is 0.491 e. The quantitative estimate of drug-likeness (QED) is 0.755. The van der Waals surface area contributed by atoms with Gasteiger partial charge in [-0.1, -0.05) is 41.7 Å². The third-order valence-electron chi connectivity index (χ3n) is 3.15. The Morgan fingerprint density at radius 2 is 1.75 bits per heavy atom. The number of amides is 1. The molecule has 0 saturated heterocycles. The second-order valence-electron chi connectivity index (χ2n) is 5.42. The Morgan fingerprint density at radius 1 is 1.04 bits per heavy atom. The fraction of sp³-hybridized carbons (Fsp3) is 0.167. The predicted octanol–water partition coefficient (Wildman–Crippen LogP) is 4.24. The number of hydrogen-bond acceptors (Lipinski definition) is 5. The van der Waals surface area contributed by atoms with E-state index in [4.69, 9.17) is 4.74 Å². The molecule has 0 aliphatic heterocycles. The van der Waals surface area contributed by atoms with Gasteiger partial charge in [0.25, 0.3) is 5.91 Å². The lowest BCUT2D eigenvalue weighted by atomic mass is 10.2. The first-order valence-electron chi connectivity index (χ1n) is 7.59. The molecule has 1 heterocycles. The first-order chi connectivity index (χ1) is 11.6. The van der Waals surface area contributed by atoms with E-state index < -0.39 is 0 Å². The van der Waals surface area contributed by atoms with Crippen LogP contribution >= 0.6 is 11.3 Å². The number of rotatable bonds is 5. The lowest BCUT2D eigenvalue weighted by Gasteiger charge is -2.09. The Balaban J connectivity index is 1.68. The van der Waals surface area contributed by atoms with Crippen molar-refractivity contribution in [2.45, 2.75) is 20.0 Å². The predicted molar refractivity (Wildman–Crippen MR) is 95.5 cm³/mol. The van der Waals surface area contributed by atoms with Crippen molar-refractivity contribution in [1.82, 2.24) is 10.2 Å². The molecule has 0 spiro atoms. The van der Waals surface area contributed by atoms with E-state index in [2.05, 4.69) is 15.5 Å². The molecule has 0 bridgehead atoms. The maximum atomic E-state index is 12.3.